The van der Waals surface area contributed by atoms with Crippen LogP contribution in [0.5, 0.6) is 0 Å². The fourth-order valence-corrected chi connectivity index (χ4v) is 4.45. The zero-order chi connectivity index (χ0) is 18.9. The summed E-state index contributed by atoms with van der Waals surface area (Å²) in [6, 6.07) is 12.6. The average Bonchev–Trinajstić information content (AvgIpc) is 3.22. The highest BCUT2D eigenvalue weighted by Gasteiger charge is 2.29. The maximum Gasteiger partial charge on any atom is 0.223 e. The fraction of sp³-hybridized carbons (Fsp3) is 0.429. The van der Waals surface area contributed by atoms with Gasteiger partial charge in [0.1, 0.15) is 12.1 Å². The van der Waals surface area contributed by atoms with Crippen LogP contribution in [0.25, 0.3) is 5.65 Å². The van der Waals surface area contributed by atoms with E-state index in [1.165, 1.54) is 11.1 Å². The molecule has 0 radical (unpaired) electrons. The van der Waals surface area contributed by atoms with Gasteiger partial charge in [-0.1, -0.05) is 24.3 Å². The molecule has 3 aromatic rings. The third kappa shape index (κ3) is 3.21. The van der Waals surface area contributed by atoms with Crippen molar-refractivity contribution < 1.29 is 4.79 Å². The summed E-state index contributed by atoms with van der Waals surface area (Å²) in [5, 5.41) is 15.8. The van der Waals surface area contributed by atoms with Crippen LogP contribution in [-0.2, 0) is 11.2 Å². The molecule has 0 bridgehead atoms. The van der Waals surface area contributed by atoms with E-state index in [1.807, 2.05) is 12.1 Å². The van der Waals surface area contributed by atoms with E-state index in [2.05, 4.69) is 49.8 Å². The number of benzene rings is 1. The summed E-state index contributed by atoms with van der Waals surface area (Å²) in [6.07, 6.45) is 6.60. The lowest BCUT2D eigenvalue weighted by molar-refractivity contribution is -0.126. The molecule has 0 spiro atoms. The van der Waals surface area contributed by atoms with E-state index in [4.69, 9.17) is 0 Å². The van der Waals surface area contributed by atoms with Crippen molar-refractivity contribution in [3.8, 4) is 0 Å². The zero-order valence-electron chi connectivity index (χ0n) is 15.8. The second-order valence-electron chi connectivity index (χ2n) is 7.74. The van der Waals surface area contributed by atoms with Crippen molar-refractivity contribution in [3.05, 3.63) is 53.9 Å². The Kier molecular flexibility index (Phi) is 4.43. The maximum atomic E-state index is 12.9. The van der Waals surface area contributed by atoms with Gasteiger partial charge in [-0.25, -0.2) is 0 Å². The quantitative estimate of drug-likeness (QED) is 0.760. The van der Waals surface area contributed by atoms with E-state index in [9.17, 15) is 4.79 Å². The molecule has 144 valence electrons. The molecule has 1 saturated heterocycles. The number of hydrogen-bond donors (Lipinski definition) is 1. The summed E-state index contributed by atoms with van der Waals surface area (Å²) < 4.78 is 1.69. The van der Waals surface area contributed by atoms with Crippen LogP contribution >= 0.6 is 0 Å². The predicted molar refractivity (Wildman–Crippen MR) is 106 cm³/mol. The minimum absolute atomic E-state index is 0.0731. The summed E-state index contributed by atoms with van der Waals surface area (Å²) in [6.45, 7) is 1.67. The molecule has 1 aromatic carbocycles. The summed E-state index contributed by atoms with van der Waals surface area (Å²) in [5.41, 5.74) is 3.42. The zero-order valence-corrected chi connectivity index (χ0v) is 15.8. The van der Waals surface area contributed by atoms with Crippen molar-refractivity contribution in [3.63, 3.8) is 0 Å². The number of rotatable bonds is 3. The molecule has 1 N–H and O–H groups in total. The lowest BCUT2D eigenvalue weighted by Crippen LogP contribution is -2.42. The molecule has 7 heteroatoms. The highest BCUT2D eigenvalue weighted by Crippen LogP contribution is 2.30. The van der Waals surface area contributed by atoms with Crippen LogP contribution < -0.4 is 10.2 Å². The van der Waals surface area contributed by atoms with Gasteiger partial charge in [-0.05, 0) is 55.4 Å². The van der Waals surface area contributed by atoms with Crippen LogP contribution in [0.1, 0.15) is 42.9 Å². The van der Waals surface area contributed by atoms with Crippen molar-refractivity contribution in [2.75, 3.05) is 18.0 Å². The highest BCUT2D eigenvalue weighted by atomic mass is 16.1. The van der Waals surface area contributed by atoms with Gasteiger partial charge >= 0.3 is 0 Å². The molecule has 0 saturated carbocycles. The third-order valence-electron chi connectivity index (χ3n) is 6.02. The Balaban J connectivity index is 1.21. The van der Waals surface area contributed by atoms with Crippen LogP contribution in [0, 0.1) is 5.92 Å². The van der Waals surface area contributed by atoms with Gasteiger partial charge in [0.2, 0.25) is 5.91 Å². The molecule has 1 amide bonds. The molecule has 3 heterocycles. The van der Waals surface area contributed by atoms with Crippen LogP contribution in [0.3, 0.4) is 0 Å². The molecule has 1 fully saturated rings. The molecule has 28 heavy (non-hydrogen) atoms. The maximum absolute atomic E-state index is 12.9. The second-order valence-corrected chi connectivity index (χ2v) is 7.74. The number of aryl methyl sites for hydroxylation is 1. The number of fused-ring (bicyclic) bond motifs is 2. The molecule has 2 aliphatic rings. The van der Waals surface area contributed by atoms with Crippen LogP contribution in [-0.4, -0.2) is 38.8 Å². The van der Waals surface area contributed by atoms with Gasteiger partial charge in [-0.3, -0.25) is 4.79 Å². The Morgan fingerprint density at radius 3 is 2.82 bits per heavy atom. The molecular weight excluding hydrogens is 352 g/mol. The van der Waals surface area contributed by atoms with E-state index in [0.29, 0.717) is 0 Å². The van der Waals surface area contributed by atoms with Gasteiger partial charge < -0.3 is 10.2 Å². The Bertz CT molecular complexity index is 991. The molecule has 2 aromatic heterocycles. The number of carbonyl (C=O) groups excluding carboxylic acids is 1. The highest BCUT2D eigenvalue weighted by molar-refractivity contribution is 5.79. The number of nitrogens with zero attached hydrogens (tertiary/aromatic N) is 5. The lowest BCUT2D eigenvalue weighted by atomic mass is 9.87. The Labute approximate surface area is 163 Å². The Morgan fingerprint density at radius 2 is 1.93 bits per heavy atom. The monoisotopic (exact) mass is 376 g/mol. The van der Waals surface area contributed by atoms with E-state index < -0.39 is 0 Å². The first-order valence-corrected chi connectivity index (χ1v) is 10.1. The summed E-state index contributed by atoms with van der Waals surface area (Å²) >= 11 is 0. The van der Waals surface area contributed by atoms with Gasteiger partial charge in [0.05, 0.1) is 6.04 Å². The summed E-state index contributed by atoms with van der Waals surface area (Å²) in [4.78, 5) is 15.1. The van der Waals surface area contributed by atoms with E-state index >= 15 is 0 Å². The predicted octanol–water partition coefficient (Wildman–Crippen LogP) is 2.53. The molecule has 1 aliphatic carbocycles. The summed E-state index contributed by atoms with van der Waals surface area (Å²) in [7, 11) is 0. The lowest BCUT2D eigenvalue weighted by Gasteiger charge is -2.33. The first kappa shape index (κ1) is 17.2. The molecule has 1 aliphatic heterocycles. The van der Waals surface area contributed by atoms with Crippen molar-refractivity contribution in [1.82, 2.24) is 25.1 Å². The SMILES string of the molecule is O=C(N[C@@H]1CCCc2ccccc21)C1CCN(c2ccc3nncn3n2)CC1. The number of anilines is 1. The number of nitrogens with one attached hydrogen (secondary N) is 1. The van der Waals surface area contributed by atoms with Crippen molar-refractivity contribution in [2.24, 2.45) is 5.92 Å². The van der Waals surface area contributed by atoms with Crippen molar-refractivity contribution >= 4 is 17.4 Å². The number of amides is 1. The van der Waals surface area contributed by atoms with Gasteiger partial charge in [-0.2, -0.15) is 4.52 Å². The molecular formula is C21H24N6O. The van der Waals surface area contributed by atoms with Gasteiger partial charge in [0, 0.05) is 19.0 Å². The van der Waals surface area contributed by atoms with Crippen LogP contribution in [0.2, 0.25) is 0 Å². The first-order valence-electron chi connectivity index (χ1n) is 10.1. The third-order valence-corrected chi connectivity index (χ3v) is 6.02. The summed E-state index contributed by atoms with van der Waals surface area (Å²) in [5.74, 6) is 1.18. The van der Waals surface area contributed by atoms with Crippen molar-refractivity contribution in [2.45, 2.75) is 38.1 Å². The standard InChI is InChI=1S/C21H24N6O/c28-21(23-18-7-3-5-15-4-1-2-6-17(15)18)16-10-12-26(13-11-16)20-9-8-19-24-22-14-27(19)25-20/h1-2,4,6,8-9,14,16,18H,3,5,7,10-13H2,(H,23,28)/t18-/m1/s1. The number of hydrogen-bond acceptors (Lipinski definition) is 5. The van der Waals surface area contributed by atoms with Gasteiger partial charge in [0.15, 0.2) is 5.65 Å². The average molecular weight is 376 g/mol. The number of aromatic nitrogens is 4. The molecule has 5 rings (SSSR count). The fourth-order valence-electron chi connectivity index (χ4n) is 4.45. The number of piperidine rings is 1. The van der Waals surface area contributed by atoms with E-state index in [-0.39, 0.29) is 17.9 Å². The smallest absolute Gasteiger partial charge is 0.223 e. The Hall–Kier alpha value is -2.96. The first-order chi connectivity index (χ1) is 13.8. The molecule has 7 nitrogen and oxygen atoms in total. The number of carbonyl (C=O) groups is 1. The van der Waals surface area contributed by atoms with Crippen LogP contribution in [0.15, 0.2) is 42.7 Å². The minimum atomic E-state index is 0.0731. The molecule has 1 atom stereocenters. The van der Waals surface area contributed by atoms with Gasteiger partial charge in [0.25, 0.3) is 0 Å². The van der Waals surface area contributed by atoms with Gasteiger partial charge in [-0.15, -0.1) is 15.3 Å². The van der Waals surface area contributed by atoms with E-state index in [1.54, 1.807) is 10.8 Å². The Morgan fingerprint density at radius 1 is 1.07 bits per heavy atom. The molecule has 0 unspecified atom stereocenters. The van der Waals surface area contributed by atoms with Crippen LogP contribution in [0.4, 0.5) is 5.82 Å². The minimum Gasteiger partial charge on any atom is -0.355 e. The largest absolute Gasteiger partial charge is 0.355 e. The second kappa shape index (κ2) is 7.22. The van der Waals surface area contributed by atoms with E-state index in [0.717, 1.165) is 56.7 Å². The topological polar surface area (TPSA) is 75.4 Å². The normalized spacial score (nSPS) is 20.1. The van der Waals surface area contributed by atoms with Crippen molar-refractivity contribution in [1.29, 1.82) is 0 Å².